The van der Waals surface area contributed by atoms with Crippen molar-refractivity contribution in [2.75, 3.05) is 31.3 Å². The molecule has 0 saturated heterocycles. The fourth-order valence-electron chi connectivity index (χ4n) is 3.11. The molecule has 0 saturated carbocycles. The number of nitrogen functional groups attached to an aromatic ring is 1. The molecule has 0 bridgehead atoms. The van der Waals surface area contributed by atoms with Gasteiger partial charge in [0.15, 0.2) is 0 Å². The summed E-state index contributed by atoms with van der Waals surface area (Å²) in [7, 11) is 1.60. The van der Waals surface area contributed by atoms with Crippen LogP contribution < -0.4 is 21.7 Å². The summed E-state index contributed by atoms with van der Waals surface area (Å²) in [5.41, 5.74) is 8.77. The molecule has 0 aliphatic carbocycles. The lowest BCUT2D eigenvalue weighted by atomic mass is 10.1. The lowest BCUT2D eigenvalue weighted by Gasteiger charge is -2.08. The second-order valence-corrected chi connectivity index (χ2v) is 8.62. The average Bonchev–Trinajstić information content (AvgIpc) is 3.27. The number of thiazole rings is 1. The van der Waals surface area contributed by atoms with Crippen LogP contribution in [0.4, 0.5) is 16.3 Å². The van der Waals surface area contributed by atoms with Crippen molar-refractivity contribution in [1.82, 2.24) is 20.6 Å². The van der Waals surface area contributed by atoms with Crippen LogP contribution in [0, 0.1) is 0 Å². The van der Waals surface area contributed by atoms with Gasteiger partial charge < -0.3 is 26.4 Å². The number of anilines is 2. The van der Waals surface area contributed by atoms with Gasteiger partial charge in [-0.2, -0.15) is 0 Å². The van der Waals surface area contributed by atoms with E-state index in [1.807, 2.05) is 30.3 Å². The summed E-state index contributed by atoms with van der Waals surface area (Å²) in [6, 6.07) is 10.6. The maximum Gasteiger partial charge on any atom is 0.319 e. The Labute approximate surface area is 203 Å². The molecule has 0 fully saturated rings. The minimum atomic E-state index is -0.323. The Morgan fingerprint density at radius 3 is 2.59 bits per heavy atom. The maximum atomic E-state index is 12.6. The average molecular weight is 483 g/mol. The molecule has 3 aromatic rings. The lowest BCUT2D eigenvalue weighted by molar-refractivity contribution is 0.0940. The van der Waals surface area contributed by atoms with Crippen molar-refractivity contribution < 1.29 is 14.3 Å². The predicted molar refractivity (Wildman–Crippen MR) is 135 cm³/mol. The van der Waals surface area contributed by atoms with Crippen LogP contribution in [-0.2, 0) is 17.7 Å². The summed E-state index contributed by atoms with van der Waals surface area (Å²) in [6.07, 6.45) is 4.36. The number of aromatic nitrogens is 2. The van der Waals surface area contributed by atoms with E-state index in [1.54, 1.807) is 19.4 Å². The molecule has 2 heterocycles. The number of nitrogens with zero attached hydrogens (tertiary/aromatic N) is 2. The topological polar surface area (TPSA) is 131 Å². The summed E-state index contributed by atoms with van der Waals surface area (Å²) in [5.74, 6) is 0.308. The summed E-state index contributed by atoms with van der Waals surface area (Å²) >= 11 is 1.38. The Morgan fingerprint density at radius 2 is 1.91 bits per heavy atom. The molecule has 0 unspecified atom stereocenters. The van der Waals surface area contributed by atoms with E-state index in [4.69, 9.17) is 15.5 Å². The highest BCUT2D eigenvalue weighted by Crippen LogP contribution is 2.30. The van der Waals surface area contributed by atoms with Gasteiger partial charge in [-0.15, -0.1) is 11.3 Å². The Bertz CT molecular complexity index is 1080. The van der Waals surface area contributed by atoms with Crippen LogP contribution in [-0.4, -0.2) is 42.2 Å². The van der Waals surface area contributed by atoms with Crippen molar-refractivity contribution >= 4 is 34.8 Å². The van der Waals surface area contributed by atoms with Gasteiger partial charge in [0.2, 0.25) is 0 Å². The van der Waals surface area contributed by atoms with E-state index in [9.17, 15) is 9.59 Å². The van der Waals surface area contributed by atoms with Gasteiger partial charge in [0.25, 0.3) is 5.91 Å². The number of benzene rings is 1. The van der Waals surface area contributed by atoms with E-state index < -0.39 is 0 Å². The van der Waals surface area contributed by atoms with E-state index in [1.165, 1.54) is 11.3 Å². The SMILES string of the molecule is CCCCc1nc(-c2ccc(NC(=O)NCc3ccc(N)nc3)cc2)sc1C(=O)NCCOC. The van der Waals surface area contributed by atoms with Crippen molar-refractivity contribution in [1.29, 1.82) is 0 Å². The zero-order valence-electron chi connectivity index (χ0n) is 19.4. The van der Waals surface area contributed by atoms with Crippen LogP contribution >= 0.6 is 11.3 Å². The van der Waals surface area contributed by atoms with Crippen LogP contribution in [0.5, 0.6) is 0 Å². The van der Waals surface area contributed by atoms with Gasteiger partial charge in [0.1, 0.15) is 15.7 Å². The van der Waals surface area contributed by atoms with E-state index in [0.717, 1.165) is 41.1 Å². The molecule has 0 aliphatic rings. The van der Waals surface area contributed by atoms with Crippen molar-refractivity contribution in [3.63, 3.8) is 0 Å². The maximum absolute atomic E-state index is 12.6. The second kappa shape index (κ2) is 12.7. The zero-order valence-corrected chi connectivity index (χ0v) is 20.2. The molecule has 2 aromatic heterocycles. The molecule has 3 rings (SSSR count). The molecule has 0 spiro atoms. The molecule has 1 aromatic carbocycles. The number of nitrogens with one attached hydrogen (secondary N) is 3. The molecule has 9 nitrogen and oxygen atoms in total. The number of pyridine rings is 1. The van der Waals surface area contributed by atoms with Gasteiger partial charge in [-0.25, -0.2) is 14.8 Å². The third-order valence-electron chi connectivity index (χ3n) is 4.95. The molecule has 34 heavy (non-hydrogen) atoms. The Balaban J connectivity index is 1.63. The molecular weight excluding hydrogens is 452 g/mol. The van der Waals surface area contributed by atoms with Crippen LogP contribution in [0.25, 0.3) is 10.6 Å². The fourth-order valence-corrected chi connectivity index (χ4v) is 4.14. The monoisotopic (exact) mass is 482 g/mol. The van der Waals surface area contributed by atoms with Crippen molar-refractivity contribution in [2.24, 2.45) is 0 Å². The van der Waals surface area contributed by atoms with E-state index in [2.05, 4.69) is 27.9 Å². The molecule has 180 valence electrons. The highest BCUT2D eigenvalue weighted by atomic mass is 32.1. The molecule has 0 atom stereocenters. The number of methoxy groups -OCH3 is 1. The summed E-state index contributed by atoms with van der Waals surface area (Å²) in [6.45, 7) is 3.36. The van der Waals surface area contributed by atoms with Gasteiger partial charge in [0.05, 0.1) is 12.3 Å². The first kappa shape index (κ1) is 25.1. The number of unbranched alkanes of at least 4 members (excludes halogenated alkanes) is 1. The van der Waals surface area contributed by atoms with Gasteiger partial charge >= 0.3 is 6.03 Å². The van der Waals surface area contributed by atoms with Gasteiger partial charge in [-0.05, 0) is 48.7 Å². The molecule has 0 aliphatic heterocycles. The highest BCUT2D eigenvalue weighted by molar-refractivity contribution is 7.17. The minimum absolute atomic E-state index is 0.127. The third kappa shape index (κ3) is 7.26. The van der Waals surface area contributed by atoms with Crippen LogP contribution in [0.1, 0.15) is 40.7 Å². The number of carbonyl (C=O) groups is 2. The van der Waals surface area contributed by atoms with E-state index >= 15 is 0 Å². The molecule has 10 heteroatoms. The highest BCUT2D eigenvalue weighted by Gasteiger charge is 2.18. The number of carbonyl (C=O) groups excluding carboxylic acids is 2. The first-order chi connectivity index (χ1) is 16.5. The van der Waals surface area contributed by atoms with E-state index in [-0.39, 0.29) is 11.9 Å². The summed E-state index contributed by atoms with van der Waals surface area (Å²) < 4.78 is 5.01. The summed E-state index contributed by atoms with van der Waals surface area (Å²) in [4.78, 5) is 34.2. The zero-order chi connectivity index (χ0) is 24.3. The Kier molecular flexibility index (Phi) is 9.36. The first-order valence-corrected chi connectivity index (χ1v) is 11.9. The fraction of sp³-hybridized carbons (Fsp3) is 0.333. The van der Waals surface area contributed by atoms with Gasteiger partial charge in [0, 0.05) is 37.6 Å². The number of hydrogen-bond donors (Lipinski definition) is 4. The Hall–Kier alpha value is -3.50. The normalized spacial score (nSPS) is 10.6. The molecule has 0 radical (unpaired) electrons. The van der Waals surface area contributed by atoms with Crippen LogP contribution in [0.15, 0.2) is 42.6 Å². The van der Waals surface area contributed by atoms with E-state index in [0.29, 0.717) is 36.1 Å². The number of aryl methyl sites for hydroxylation is 1. The number of ether oxygens (including phenoxy) is 1. The third-order valence-corrected chi connectivity index (χ3v) is 6.10. The lowest BCUT2D eigenvalue weighted by Crippen LogP contribution is -2.28. The number of nitrogens with two attached hydrogens (primary N) is 1. The number of urea groups is 1. The molecule has 3 amide bonds. The first-order valence-electron chi connectivity index (χ1n) is 11.1. The van der Waals surface area contributed by atoms with Crippen molar-refractivity contribution in [3.8, 4) is 10.6 Å². The Morgan fingerprint density at radius 1 is 1.12 bits per heavy atom. The minimum Gasteiger partial charge on any atom is -0.384 e. The number of rotatable bonds is 11. The largest absolute Gasteiger partial charge is 0.384 e. The summed E-state index contributed by atoms with van der Waals surface area (Å²) in [5, 5.41) is 9.24. The van der Waals surface area contributed by atoms with Gasteiger partial charge in [-0.1, -0.05) is 19.4 Å². The number of amides is 3. The molecular formula is C24H30N6O3S. The number of hydrogen-bond acceptors (Lipinski definition) is 7. The van der Waals surface area contributed by atoms with Crippen LogP contribution in [0.2, 0.25) is 0 Å². The van der Waals surface area contributed by atoms with Gasteiger partial charge in [-0.3, -0.25) is 4.79 Å². The molecule has 5 N–H and O–H groups in total. The standard InChI is InChI=1S/C24H30N6O3S/c1-3-4-5-19-21(22(31)26-12-13-33-2)34-23(30-19)17-7-9-18(10-8-17)29-24(32)28-15-16-6-11-20(25)27-14-16/h6-11,14H,3-5,12-13,15H2,1-2H3,(H2,25,27)(H,26,31)(H2,28,29,32). The van der Waals surface area contributed by atoms with Crippen molar-refractivity contribution in [3.05, 3.63) is 58.7 Å². The van der Waals surface area contributed by atoms with Crippen molar-refractivity contribution in [2.45, 2.75) is 32.7 Å². The smallest absolute Gasteiger partial charge is 0.319 e. The predicted octanol–water partition coefficient (Wildman–Crippen LogP) is 3.83. The quantitative estimate of drug-likeness (QED) is 0.307. The second-order valence-electron chi connectivity index (χ2n) is 7.62. The van der Waals surface area contributed by atoms with Crippen LogP contribution in [0.3, 0.4) is 0 Å².